The molecule has 0 aliphatic rings. The van der Waals surface area contributed by atoms with Gasteiger partial charge in [0.05, 0.1) is 12.4 Å². The Labute approximate surface area is 128 Å². The second-order valence-electron chi connectivity index (χ2n) is 4.94. The number of hydrogen-bond donors (Lipinski definition) is 1. The van der Waals surface area contributed by atoms with Crippen LogP contribution in [0.4, 0.5) is 4.39 Å². The van der Waals surface area contributed by atoms with Gasteiger partial charge in [0.1, 0.15) is 11.6 Å². The highest BCUT2D eigenvalue weighted by atomic mass is 32.2. The Balaban J connectivity index is 2.06. The molecule has 2 rings (SSSR count). The van der Waals surface area contributed by atoms with Crippen LogP contribution in [-0.4, -0.2) is 25.1 Å². The van der Waals surface area contributed by atoms with Crippen LogP contribution in [0, 0.1) is 5.82 Å². The summed E-state index contributed by atoms with van der Waals surface area (Å²) >= 11 is 0. The summed E-state index contributed by atoms with van der Waals surface area (Å²) in [6.45, 7) is -0.115. The number of rotatable bonds is 6. The second-order valence-corrected chi connectivity index (χ2v) is 7.00. The third-order valence-electron chi connectivity index (χ3n) is 3.11. The van der Waals surface area contributed by atoms with Crippen molar-refractivity contribution in [2.75, 3.05) is 5.75 Å². The van der Waals surface area contributed by atoms with E-state index in [1.54, 1.807) is 24.3 Å². The first-order valence-electron chi connectivity index (χ1n) is 6.57. The van der Waals surface area contributed by atoms with Crippen molar-refractivity contribution in [1.82, 2.24) is 0 Å². The molecule has 0 aromatic heterocycles. The van der Waals surface area contributed by atoms with Gasteiger partial charge in [-0.15, -0.1) is 0 Å². The van der Waals surface area contributed by atoms with E-state index in [1.807, 2.05) is 0 Å². The molecule has 2 aromatic carbocycles. The number of carbonyl (C=O) groups is 1. The molecule has 116 valence electrons. The van der Waals surface area contributed by atoms with Crippen molar-refractivity contribution in [1.29, 1.82) is 0 Å². The van der Waals surface area contributed by atoms with Crippen LogP contribution >= 0.6 is 0 Å². The number of halogens is 1. The van der Waals surface area contributed by atoms with Crippen molar-refractivity contribution in [2.45, 2.75) is 12.4 Å². The lowest BCUT2D eigenvalue weighted by Gasteiger charge is -2.05. The minimum atomic E-state index is -3.62. The van der Waals surface area contributed by atoms with Crippen molar-refractivity contribution in [3.63, 3.8) is 0 Å². The molecule has 0 amide bonds. The number of Topliss-reactive ketones (excluding diaryl/α,β-unsaturated/α-hetero) is 1. The lowest BCUT2D eigenvalue weighted by atomic mass is 10.1. The zero-order chi connectivity index (χ0) is 16.2. The highest BCUT2D eigenvalue weighted by molar-refractivity contribution is 7.91. The molecule has 0 heterocycles. The minimum absolute atomic E-state index is 0.115. The Morgan fingerprint density at radius 1 is 0.955 bits per heavy atom. The minimum Gasteiger partial charge on any atom is -0.392 e. The molecule has 0 fully saturated rings. The van der Waals surface area contributed by atoms with Crippen LogP contribution in [0.25, 0.3) is 0 Å². The SMILES string of the molecule is O=C(CS(=O)(=O)Cc1ccc(CO)cc1)c1ccc(F)cc1. The fraction of sp³-hybridized carbons (Fsp3) is 0.188. The summed E-state index contributed by atoms with van der Waals surface area (Å²) in [7, 11) is -3.62. The number of benzene rings is 2. The fourth-order valence-corrected chi connectivity index (χ4v) is 3.33. The molecule has 6 heteroatoms. The van der Waals surface area contributed by atoms with E-state index in [1.165, 1.54) is 12.1 Å². The van der Waals surface area contributed by atoms with Crippen molar-refractivity contribution < 1.29 is 22.7 Å². The van der Waals surface area contributed by atoms with E-state index in [9.17, 15) is 17.6 Å². The molecule has 0 saturated carbocycles. The first-order chi connectivity index (χ1) is 10.4. The maximum absolute atomic E-state index is 12.8. The van der Waals surface area contributed by atoms with Gasteiger partial charge in [0, 0.05) is 5.56 Å². The van der Waals surface area contributed by atoms with E-state index < -0.39 is 27.2 Å². The third kappa shape index (κ3) is 4.47. The molecule has 0 bridgehead atoms. The first-order valence-corrected chi connectivity index (χ1v) is 8.39. The molecule has 0 saturated heterocycles. The van der Waals surface area contributed by atoms with Gasteiger partial charge in [-0.2, -0.15) is 0 Å². The Morgan fingerprint density at radius 3 is 2.05 bits per heavy atom. The largest absolute Gasteiger partial charge is 0.392 e. The van der Waals surface area contributed by atoms with Crippen LogP contribution in [0.1, 0.15) is 21.5 Å². The second kappa shape index (κ2) is 6.81. The molecule has 4 nitrogen and oxygen atoms in total. The number of ketones is 1. The van der Waals surface area contributed by atoms with Crippen molar-refractivity contribution >= 4 is 15.6 Å². The van der Waals surface area contributed by atoms with Crippen LogP contribution < -0.4 is 0 Å². The third-order valence-corrected chi connectivity index (χ3v) is 4.58. The highest BCUT2D eigenvalue weighted by Crippen LogP contribution is 2.11. The molecular weight excluding hydrogens is 307 g/mol. The Kier molecular flexibility index (Phi) is 5.05. The molecule has 22 heavy (non-hydrogen) atoms. The van der Waals surface area contributed by atoms with Gasteiger partial charge in [-0.1, -0.05) is 24.3 Å². The molecular formula is C16H15FO4S. The molecule has 0 atom stereocenters. The number of carbonyl (C=O) groups excluding carboxylic acids is 1. The lowest BCUT2D eigenvalue weighted by Crippen LogP contribution is -2.18. The summed E-state index contributed by atoms with van der Waals surface area (Å²) in [5.74, 6) is -1.93. The normalized spacial score (nSPS) is 11.4. The van der Waals surface area contributed by atoms with Crippen LogP contribution in [0.2, 0.25) is 0 Å². The van der Waals surface area contributed by atoms with Crippen molar-refractivity contribution in [3.05, 3.63) is 71.0 Å². The van der Waals surface area contributed by atoms with E-state index in [0.717, 1.165) is 12.1 Å². The van der Waals surface area contributed by atoms with Crippen LogP contribution in [-0.2, 0) is 22.2 Å². The average molecular weight is 322 g/mol. The topological polar surface area (TPSA) is 71.4 Å². The van der Waals surface area contributed by atoms with Gasteiger partial charge in [-0.3, -0.25) is 4.79 Å². The predicted octanol–water partition coefficient (Wildman–Crippen LogP) is 2.12. The smallest absolute Gasteiger partial charge is 0.177 e. The summed E-state index contributed by atoms with van der Waals surface area (Å²) < 4.78 is 36.9. The van der Waals surface area contributed by atoms with Gasteiger partial charge in [0.25, 0.3) is 0 Å². The van der Waals surface area contributed by atoms with E-state index in [4.69, 9.17) is 5.11 Å². The van der Waals surface area contributed by atoms with Gasteiger partial charge in [-0.25, -0.2) is 12.8 Å². The lowest BCUT2D eigenvalue weighted by molar-refractivity contribution is 0.102. The van der Waals surface area contributed by atoms with Gasteiger partial charge in [0.15, 0.2) is 15.6 Å². The van der Waals surface area contributed by atoms with Gasteiger partial charge < -0.3 is 5.11 Å². The summed E-state index contributed by atoms with van der Waals surface area (Å²) in [6, 6.07) is 11.2. The number of aliphatic hydroxyl groups excluding tert-OH is 1. The summed E-state index contributed by atoms with van der Waals surface area (Å²) in [5, 5.41) is 8.94. The van der Waals surface area contributed by atoms with Gasteiger partial charge in [-0.05, 0) is 35.4 Å². The van der Waals surface area contributed by atoms with Crippen LogP contribution in [0.3, 0.4) is 0 Å². The quantitative estimate of drug-likeness (QED) is 0.827. The van der Waals surface area contributed by atoms with Crippen molar-refractivity contribution in [2.24, 2.45) is 0 Å². The maximum atomic E-state index is 12.8. The highest BCUT2D eigenvalue weighted by Gasteiger charge is 2.18. The van der Waals surface area contributed by atoms with Gasteiger partial charge in [0.2, 0.25) is 0 Å². The molecule has 2 aromatic rings. The zero-order valence-corrected chi connectivity index (χ0v) is 12.5. The maximum Gasteiger partial charge on any atom is 0.177 e. The zero-order valence-electron chi connectivity index (χ0n) is 11.7. The summed E-state index contributed by atoms with van der Waals surface area (Å²) in [4.78, 5) is 11.9. The van der Waals surface area contributed by atoms with Gasteiger partial charge >= 0.3 is 0 Å². The average Bonchev–Trinajstić information content (AvgIpc) is 2.47. The Morgan fingerprint density at radius 2 is 1.50 bits per heavy atom. The Hall–Kier alpha value is -2.05. The van der Waals surface area contributed by atoms with E-state index >= 15 is 0 Å². The van der Waals surface area contributed by atoms with Crippen LogP contribution in [0.5, 0.6) is 0 Å². The fourth-order valence-electron chi connectivity index (χ4n) is 1.96. The van der Waals surface area contributed by atoms with E-state index in [2.05, 4.69) is 0 Å². The molecule has 0 unspecified atom stereocenters. The molecule has 0 spiro atoms. The molecule has 0 aliphatic heterocycles. The molecule has 1 N–H and O–H groups in total. The monoisotopic (exact) mass is 322 g/mol. The standard InChI is InChI=1S/C16H15FO4S/c17-15-7-5-14(6-8-15)16(19)11-22(20,21)10-13-3-1-12(9-18)2-4-13/h1-8,18H,9-11H2. The number of hydrogen-bond acceptors (Lipinski definition) is 4. The summed E-state index contributed by atoms with van der Waals surface area (Å²) in [6.07, 6.45) is 0. The molecule has 0 aliphatic carbocycles. The van der Waals surface area contributed by atoms with Crippen LogP contribution in [0.15, 0.2) is 48.5 Å². The van der Waals surface area contributed by atoms with E-state index in [-0.39, 0.29) is 17.9 Å². The predicted molar refractivity (Wildman–Crippen MR) is 80.6 cm³/mol. The van der Waals surface area contributed by atoms with Crippen molar-refractivity contribution in [3.8, 4) is 0 Å². The molecule has 0 radical (unpaired) electrons. The first kappa shape index (κ1) is 16.3. The van der Waals surface area contributed by atoms with E-state index in [0.29, 0.717) is 11.1 Å². The number of aliphatic hydroxyl groups is 1. The number of sulfone groups is 1. The summed E-state index contributed by atoms with van der Waals surface area (Å²) in [5.41, 5.74) is 1.40. The Bertz CT molecular complexity index is 750.